The predicted octanol–water partition coefficient (Wildman–Crippen LogP) is 8.44. The summed E-state index contributed by atoms with van der Waals surface area (Å²) < 4.78 is 43.7. The molecule has 4 rings (SSSR count). The van der Waals surface area contributed by atoms with Gasteiger partial charge in [0.2, 0.25) is 0 Å². The van der Waals surface area contributed by atoms with Crippen molar-refractivity contribution in [3.63, 3.8) is 0 Å². The van der Waals surface area contributed by atoms with Crippen molar-refractivity contribution in [2.45, 2.75) is 77.0 Å². The molecule has 0 aromatic heterocycles. The maximum atomic E-state index is 15.0. The minimum atomic E-state index is -0.747. The number of rotatable bonds is 6. The van der Waals surface area contributed by atoms with Gasteiger partial charge in [0.25, 0.3) is 0 Å². The fourth-order valence-corrected chi connectivity index (χ4v) is 5.24. The van der Waals surface area contributed by atoms with E-state index in [0.29, 0.717) is 24.0 Å². The molecule has 1 fully saturated rings. The third-order valence-electron chi connectivity index (χ3n) is 7.06. The Morgan fingerprint density at radius 3 is 2.43 bits per heavy atom. The summed E-state index contributed by atoms with van der Waals surface area (Å²) in [4.78, 5) is 0. The van der Waals surface area contributed by atoms with Crippen LogP contribution in [0.15, 0.2) is 30.3 Å². The Labute approximate surface area is 178 Å². The summed E-state index contributed by atoms with van der Waals surface area (Å²) in [7, 11) is 0. The zero-order valence-electron chi connectivity index (χ0n) is 17.8. The fraction of sp³-hybridized carbons (Fsp3) is 0.481. The normalized spacial score (nSPS) is 21.3. The van der Waals surface area contributed by atoms with Crippen LogP contribution in [0.5, 0.6) is 0 Å². The first-order valence-corrected chi connectivity index (χ1v) is 11.5. The molecular weight excluding hydrogens is 381 g/mol. The number of halogens is 3. The van der Waals surface area contributed by atoms with Crippen LogP contribution in [-0.4, -0.2) is 0 Å². The van der Waals surface area contributed by atoms with E-state index in [1.807, 2.05) is 0 Å². The first-order valence-electron chi connectivity index (χ1n) is 11.5. The largest absolute Gasteiger partial charge is 0.207 e. The second-order valence-corrected chi connectivity index (χ2v) is 9.06. The van der Waals surface area contributed by atoms with Crippen molar-refractivity contribution in [2.75, 3.05) is 0 Å². The lowest BCUT2D eigenvalue weighted by Gasteiger charge is -2.29. The van der Waals surface area contributed by atoms with Crippen molar-refractivity contribution < 1.29 is 13.2 Å². The third-order valence-corrected chi connectivity index (χ3v) is 7.06. The van der Waals surface area contributed by atoms with Gasteiger partial charge in [-0.1, -0.05) is 56.9 Å². The van der Waals surface area contributed by atoms with Crippen molar-refractivity contribution >= 4 is 11.6 Å². The highest BCUT2D eigenvalue weighted by Crippen LogP contribution is 2.40. The minimum Gasteiger partial charge on any atom is -0.207 e. The van der Waals surface area contributed by atoms with Gasteiger partial charge in [-0.3, -0.25) is 0 Å². The molecule has 0 N–H and O–H groups in total. The lowest BCUT2D eigenvalue weighted by molar-refractivity contribution is 0.298. The number of unbranched alkanes of at least 4 members (excludes halogenated alkanes) is 2. The van der Waals surface area contributed by atoms with Crippen LogP contribution >= 0.6 is 0 Å². The number of aryl methyl sites for hydroxylation is 1. The Morgan fingerprint density at radius 1 is 0.867 bits per heavy atom. The minimum absolute atomic E-state index is 0.117. The Hall–Kier alpha value is -2.03. The molecule has 0 aliphatic heterocycles. The molecule has 0 atom stereocenters. The molecule has 2 aromatic rings. The van der Waals surface area contributed by atoms with Crippen molar-refractivity contribution in [3.8, 4) is 0 Å². The molecule has 0 nitrogen and oxygen atoms in total. The van der Waals surface area contributed by atoms with Gasteiger partial charge in [0.1, 0.15) is 5.82 Å². The third kappa shape index (κ3) is 4.50. The van der Waals surface area contributed by atoms with Crippen molar-refractivity contribution in [1.82, 2.24) is 0 Å². The molecule has 0 bridgehead atoms. The van der Waals surface area contributed by atoms with Crippen LogP contribution in [0.2, 0.25) is 0 Å². The van der Waals surface area contributed by atoms with Gasteiger partial charge in [-0.2, -0.15) is 0 Å². The van der Waals surface area contributed by atoms with Gasteiger partial charge in [-0.25, -0.2) is 13.2 Å². The van der Waals surface area contributed by atoms with E-state index in [-0.39, 0.29) is 11.7 Å². The quantitative estimate of drug-likeness (QED) is 0.418. The molecule has 3 heteroatoms. The SMILES string of the molecule is CCCCCC1CCC(c2ccc(C3=Cc4cc(F)ccc4CC3)c(F)c2F)CC1. The first-order chi connectivity index (χ1) is 14.6. The monoisotopic (exact) mass is 412 g/mol. The second-order valence-electron chi connectivity index (χ2n) is 9.06. The van der Waals surface area contributed by atoms with Gasteiger partial charge in [-0.05, 0) is 84.8 Å². The van der Waals surface area contributed by atoms with Crippen LogP contribution < -0.4 is 0 Å². The molecule has 30 heavy (non-hydrogen) atoms. The zero-order valence-corrected chi connectivity index (χ0v) is 17.8. The molecule has 2 aromatic carbocycles. The highest BCUT2D eigenvalue weighted by Gasteiger charge is 2.27. The molecule has 0 unspecified atom stereocenters. The van der Waals surface area contributed by atoms with Gasteiger partial charge in [0.15, 0.2) is 11.6 Å². The van der Waals surface area contributed by atoms with Crippen LogP contribution in [0.1, 0.15) is 92.9 Å². The number of allylic oxidation sites excluding steroid dienone is 1. The van der Waals surface area contributed by atoms with Crippen LogP contribution in [0.25, 0.3) is 11.6 Å². The van der Waals surface area contributed by atoms with Gasteiger partial charge in [0, 0.05) is 5.56 Å². The summed E-state index contributed by atoms with van der Waals surface area (Å²) in [5.41, 5.74) is 3.41. The van der Waals surface area contributed by atoms with Crippen molar-refractivity contribution in [1.29, 1.82) is 0 Å². The van der Waals surface area contributed by atoms with E-state index < -0.39 is 11.6 Å². The molecule has 0 radical (unpaired) electrons. The van der Waals surface area contributed by atoms with Gasteiger partial charge in [-0.15, -0.1) is 0 Å². The first kappa shape index (κ1) is 21.2. The molecule has 0 heterocycles. The Kier molecular flexibility index (Phi) is 6.65. The summed E-state index contributed by atoms with van der Waals surface area (Å²) in [6, 6.07) is 8.22. The maximum absolute atomic E-state index is 15.0. The van der Waals surface area contributed by atoms with E-state index >= 15 is 8.78 Å². The lowest BCUT2D eigenvalue weighted by Crippen LogP contribution is -2.15. The summed E-state index contributed by atoms with van der Waals surface area (Å²) in [5.74, 6) is -0.880. The Morgan fingerprint density at radius 2 is 1.67 bits per heavy atom. The van der Waals surface area contributed by atoms with Crippen molar-refractivity contribution in [2.24, 2.45) is 5.92 Å². The van der Waals surface area contributed by atoms with Gasteiger partial charge >= 0.3 is 0 Å². The van der Waals surface area contributed by atoms with E-state index in [2.05, 4.69) is 6.92 Å². The molecule has 1 saturated carbocycles. The highest BCUT2D eigenvalue weighted by atomic mass is 19.2. The molecule has 0 spiro atoms. The van der Waals surface area contributed by atoms with E-state index in [1.165, 1.54) is 37.8 Å². The molecule has 2 aliphatic rings. The highest BCUT2D eigenvalue weighted by molar-refractivity contribution is 5.84. The topological polar surface area (TPSA) is 0 Å². The second kappa shape index (κ2) is 9.41. The number of hydrogen-bond acceptors (Lipinski definition) is 0. The van der Waals surface area contributed by atoms with E-state index in [4.69, 9.17) is 0 Å². The molecule has 0 saturated heterocycles. The average molecular weight is 413 g/mol. The Balaban J connectivity index is 1.50. The predicted molar refractivity (Wildman–Crippen MR) is 118 cm³/mol. The van der Waals surface area contributed by atoms with E-state index in [9.17, 15) is 4.39 Å². The average Bonchev–Trinajstić information content (AvgIpc) is 2.76. The fourth-order valence-electron chi connectivity index (χ4n) is 5.24. The number of fused-ring (bicyclic) bond motifs is 1. The Bertz CT molecular complexity index is 920. The smallest absolute Gasteiger partial charge is 0.166 e. The van der Waals surface area contributed by atoms with E-state index in [0.717, 1.165) is 48.3 Å². The van der Waals surface area contributed by atoms with Crippen LogP contribution in [0.4, 0.5) is 13.2 Å². The van der Waals surface area contributed by atoms with E-state index in [1.54, 1.807) is 24.3 Å². The summed E-state index contributed by atoms with van der Waals surface area (Å²) in [6.07, 6.45) is 12.4. The molecular formula is C27H31F3. The number of hydrogen-bond donors (Lipinski definition) is 0. The summed E-state index contributed by atoms with van der Waals surface area (Å²) in [5, 5.41) is 0. The van der Waals surface area contributed by atoms with Gasteiger partial charge < -0.3 is 0 Å². The maximum Gasteiger partial charge on any atom is 0.166 e. The van der Waals surface area contributed by atoms with Gasteiger partial charge in [0.05, 0.1) is 0 Å². The van der Waals surface area contributed by atoms with Crippen LogP contribution in [-0.2, 0) is 6.42 Å². The molecule has 160 valence electrons. The molecule has 0 amide bonds. The summed E-state index contributed by atoms with van der Waals surface area (Å²) in [6.45, 7) is 2.22. The number of benzene rings is 2. The van der Waals surface area contributed by atoms with Crippen molar-refractivity contribution in [3.05, 3.63) is 70.0 Å². The summed E-state index contributed by atoms with van der Waals surface area (Å²) >= 11 is 0. The van der Waals surface area contributed by atoms with Crippen LogP contribution in [0, 0.1) is 23.4 Å². The zero-order chi connectivity index (χ0) is 21.1. The van der Waals surface area contributed by atoms with Crippen LogP contribution in [0.3, 0.4) is 0 Å². The molecule has 2 aliphatic carbocycles. The lowest BCUT2D eigenvalue weighted by atomic mass is 9.76. The standard InChI is InChI=1S/C27H31F3/c1-2-3-4-5-18-6-8-20(9-7-18)24-14-15-25(27(30)26(24)29)21-11-10-19-12-13-23(28)17-22(19)16-21/h12-18,20H,2-11H2,1H3.